The SMILES string of the molecule is CCOC(=O)C(=CN)c1ncc2c(n1)N[C@@H]1CCC[C@@H]1O2. The minimum Gasteiger partial charge on any atom is -0.483 e. The molecule has 2 aliphatic rings. The molecule has 1 aromatic heterocycles. The Balaban J connectivity index is 1.87. The maximum atomic E-state index is 11.8. The molecule has 7 heteroatoms. The van der Waals surface area contributed by atoms with Crippen molar-refractivity contribution in [3.63, 3.8) is 0 Å². The molecule has 1 aliphatic heterocycles. The lowest BCUT2D eigenvalue weighted by Crippen LogP contribution is -2.37. The summed E-state index contributed by atoms with van der Waals surface area (Å²) in [6.45, 7) is 2.00. The van der Waals surface area contributed by atoms with E-state index in [9.17, 15) is 4.79 Å². The van der Waals surface area contributed by atoms with Gasteiger partial charge in [-0.1, -0.05) is 0 Å². The summed E-state index contributed by atoms with van der Waals surface area (Å²) in [5.74, 6) is 0.923. The van der Waals surface area contributed by atoms with E-state index in [4.69, 9.17) is 15.2 Å². The molecule has 2 heterocycles. The molecule has 0 saturated heterocycles. The summed E-state index contributed by atoms with van der Waals surface area (Å²) in [6.07, 6.45) is 6.15. The molecule has 0 amide bonds. The van der Waals surface area contributed by atoms with Gasteiger partial charge in [-0.15, -0.1) is 0 Å². The van der Waals surface area contributed by atoms with Crippen molar-refractivity contribution in [2.75, 3.05) is 11.9 Å². The highest BCUT2D eigenvalue weighted by molar-refractivity contribution is 6.15. The third-order valence-corrected chi connectivity index (χ3v) is 3.71. The molecule has 1 fully saturated rings. The molecule has 3 N–H and O–H groups in total. The van der Waals surface area contributed by atoms with Crippen molar-refractivity contribution < 1.29 is 14.3 Å². The lowest BCUT2D eigenvalue weighted by Gasteiger charge is -2.29. The number of rotatable bonds is 3. The van der Waals surface area contributed by atoms with Gasteiger partial charge in [0.15, 0.2) is 17.4 Å². The summed E-state index contributed by atoms with van der Waals surface area (Å²) in [4.78, 5) is 20.3. The summed E-state index contributed by atoms with van der Waals surface area (Å²) < 4.78 is 10.8. The molecule has 21 heavy (non-hydrogen) atoms. The highest BCUT2D eigenvalue weighted by Gasteiger charge is 2.34. The van der Waals surface area contributed by atoms with Crippen LogP contribution in [0.15, 0.2) is 12.4 Å². The summed E-state index contributed by atoms with van der Waals surface area (Å²) >= 11 is 0. The van der Waals surface area contributed by atoms with Crippen molar-refractivity contribution in [3.05, 3.63) is 18.2 Å². The summed E-state index contributed by atoms with van der Waals surface area (Å²) in [6, 6.07) is 0.271. The third-order valence-electron chi connectivity index (χ3n) is 3.71. The Bertz CT molecular complexity index is 588. The molecule has 2 atom stereocenters. The van der Waals surface area contributed by atoms with Gasteiger partial charge < -0.3 is 20.5 Å². The molecule has 112 valence electrons. The van der Waals surface area contributed by atoms with Crippen LogP contribution < -0.4 is 15.8 Å². The molecular formula is C14H18N4O3. The van der Waals surface area contributed by atoms with Gasteiger partial charge in [-0.2, -0.15) is 0 Å². The van der Waals surface area contributed by atoms with Crippen LogP contribution in [0.4, 0.5) is 5.82 Å². The smallest absolute Gasteiger partial charge is 0.343 e. The first-order valence-electron chi connectivity index (χ1n) is 7.12. The third kappa shape index (κ3) is 2.51. The average molecular weight is 290 g/mol. The minimum absolute atomic E-state index is 0.148. The van der Waals surface area contributed by atoms with Gasteiger partial charge in [0.1, 0.15) is 11.7 Å². The molecule has 0 radical (unpaired) electrons. The van der Waals surface area contributed by atoms with Crippen molar-refractivity contribution >= 4 is 17.4 Å². The highest BCUT2D eigenvalue weighted by atomic mass is 16.5. The zero-order valence-corrected chi connectivity index (χ0v) is 11.8. The second-order valence-corrected chi connectivity index (χ2v) is 5.05. The lowest BCUT2D eigenvalue weighted by molar-refractivity contribution is -0.136. The van der Waals surface area contributed by atoms with Crippen LogP contribution >= 0.6 is 0 Å². The van der Waals surface area contributed by atoms with Crippen molar-refractivity contribution in [2.24, 2.45) is 5.73 Å². The molecule has 1 aliphatic carbocycles. The number of ether oxygens (including phenoxy) is 2. The zero-order chi connectivity index (χ0) is 14.8. The van der Waals surface area contributed by atoms with Gasteiger partial charge in [0.25, 0.3) is 0 Å². The fraction of sp³-hybridized carbons (Fsp3) is 0.500. The van der Waals surface area contributed by atoms with Gasteiger partial charge in [0, 0.05) is 6.20 Å². The number of aromatic nitrogens is 2. The second-order valence-electron chi connectivity index (χ2n) is 5.05. The summed E-state index contributed by atoms with van der Waals surface area (Å²) in [7, 11) is 0. The van der Waals surface area contributed by atoms with E-state index < -0.39 is 5.97 Å². The fourth-order valence-electron chi connectivity index (χ4n) is 2.70. The van der Waals surface area contributed by atoms with Crippen molar-refractivity contribution in [1.82, 2.24) is 9.97 Å². The normalized spacial score (nSPS) is 23.6. The van der Waals surface area contributed by atoms with Crippen LogP contribution in [0.3, 0.4) is 0 Å². The lowest BCUT2D eigenvalue weighted by atomic mass is 10.2. The molecule has 1 saturated carbocycles. The number of fused-ring (bicyclic) bond motifs is 2. The number of hydrogen-bond acceptors (Lipinski definition) is 7. The predicted molar refractivity (Wildman–Crippen MR) is 76.5 cm³/mol. The number of carbonyl (C=O) groups is 1. The van der Waals surface area contributed by atoms with Gasteiger partial charge in [-0.3, -0.25) is 0 Å². The fourth-order valence-corrected chi connectivity index (χ4v) is 2.70. The number of carbonyl (C=O) groups excluding carboxylic acids is 1. The van der Waals surface area contributed by atoms with Gasteiger partial charge >= 0.3 is 5.97 Å². The summed E-state index contributed by atoms with van der Waals surface area (Å²) in [5, 5.41) is 3.35. The number of nitrogens with zero attached hydrogens (tertiary/aromatic N) is 2. The van der Waals surface area contributed by atoms with Crippen molar-refractivity contribution in [3.8, 4) is 5.75 Å². The Labute approximate surface area is 122 Å². The van der Waals surface area contributed by atoms with Crippen molar-refractivity contribution in [1.29, 1.82) is 0 Å². The largest absolute Gasteiger partial charge is 0.483 e. The first-order chi connectivity index (χ1) is 10.2. The van der Waals surface area contributed by atoms with E-state index in [0.29, 0.717) is 11.6 Å². The molecule has 3 rings (SSSR count). The Morgan fingerprint density at radius 1 is 1.62 bits per heavy atom. The van der Waals surface area contributed by atoms with E-state index >= 15 is 0 Å². The minimum atomic E-state index is -0.532. The van der Waals surface area contributed by atoms with Crippen LogP contribution in [0.1, 0.15) is 32.0 Å². The highest BCUT2D eigenvalue weighted by Crippen LogP contribution is 2.36. The van der Waals surface area contributed by atoms with Crippen LogP contribution in [-0.2, 0) is 9.53 Å². The van der Waals surface area contributed by atoms with E-state index in [1.807, 2.05) is 0 Å². The predicted octanol–water partition coefficient (Wildman–Crippen LogP) is 1.06. The monoisotopic (exact) mass is 290 g/mol. The first kappa shape index (κ1) is 13.7. The van der Waals surface area contributed by atoms with E-state index in [-0.39, 0.29) is 30.2 Å². The Hall–Kier alpha value is -2.31. The Morgan fingerprint density at radius 2 is 2.48 bits per heavy atom. The van der Waals surface area contributed by atoms with Gasteiger partial charge in [0.2, 0.25) is 0 Å². The van der Waals surface area contributed by atoms with Gasteiger partial charge in [-0.25, -0.2) is 14.8 Å². The molecule has 7 nitrogen and oxygen atoms in total. The zero-order valence-electron chi connectivity index (χ0n) is 11.8. The average Bonchev–Trinajstić information content (AvgIpc) is 2.93. The van der Waals surface area contributed by atoms with Crippen LogP contribution in [0, 0.1) is 0 Å². The van der Waals surface area contributed by atoms with Crippen LogP contribution in [0.5, 0.6) is 5.75 Å². The number of esters is 1. The number of nitrogens with one attached hydrogen (secondary N) is 1. The molecule has 0 spiro atoms. The molecule has 1 aromatic rings. The van der Waals surface area contributed by atoms with E-state index in [0.717, 1.165) is 19.3 Å². The van der Waals surface area contributed by atoms with Gasteiger partial charge in [-0.05, 0) is 26.2 Å². The first-order valence-corrected chi connectivity index (χ1v) is 7.12. The van der Waals surface area contributed by atoms with E-state index in [1.54, 1.807) is 13.1 Å². The molecule has 0 unspecified atom stereocenters. The standard InChI is InChI=1S/C14H18N4O3/c1-2-20-14(19)8(6-15)12-16-7-11-13(18-12)17-9-4-3-5-10(9)21-11/h6-7,9-10H,2-5,15H2,1H3,(H,16,17,18)/t9-,10+/m1/s1. The molecule has 0 aromatic carbocycles. The quantitative estimate of drug-likeness (QED) is 0.634. The Morgan fingerprint density at radius 3 is 3.24 bits per heavy atom. The van der Waals surface area contributed by atoms with Crippen LogP contribution in [0.2, 0.25) is 0 Å². The summed E-state index contributed by atoms with van der Waals surface area (Å²) in [5.41, 5.74) is 5.65. The Kier molecular flexibility index (Phi) is 3.64. The maximum Gasteiger partial charge on any atom is 0.343 e. The van der Waals surface area contributed by atoms with Crippen molar-refractivity contribution in [2.45, 2.75) is 38.3 Å². The number of anilines is 1. The maximum absolute atomic E-state index is 11.8. The number of hydrogen-bond donors (Lipinski definition) is 2. The molecule has 0 bridgehead atoms. The van der Waals surface area contributed by atoms with Gasteiger partial charge in [0.05, 0.1) is 18.8 Å². The second kappa shape index (κ2) is 5.59. The van der Waals surface area contributed by atoms with E-state index in [1.165, 1.54) is 6.20 Å². The van der Waals surface area contributed by atoms with Crippen LogP contribution in [0.25, 0.3) is 5.57 Å². The van der Waals surface area contributed by atoms with Crippen LogP contribution in [-0.4, -0.2) is 34.7 Å². The number of nitrogens with two attached hydrogens (primary N) is 1. The molecular weight excluding hydrogens is 272 g/mol. The topological polar surface area (TPSA) is 99.4 Å². The van der Waals surface area contributed by atoms with E-state index in [2.05, 4.69) is 15.3 Å².